The predicted octanol–water partition coefficient (Wildman–Crippen LogP) is 6.47. The third-order valence-electron chi connectivity index (χ3n) is 4.91. The van der Waals surface area contributed by atoms with E-state index in [1.165, 1.54) is 42.4 Å². The molecule has 0 fully saturated rings. The summed E-state index contributed by atoms with van der Waals surface area (Å²) in [5.41, 5.74) is 3.89. The Morgan fingerprint density at radius 3 is 2.35 bits per heavy atom. The quantitative estimate of drug-likeness (QED) is 0.452. The summed E-state index contributed by atoms with van der Waals surface area (Å²) >= 11 is 0. The number of benzene rings is 1. The topological polar surface area (TPSA) is 17.1 Å². The number of unbranched alkanes of at least 4 members (excludes halogenated alkanes) is 2. The summed E-state index contributed by atoms with van der Waals surface area (Å²) in [4.78, 5) is 12.9. The lowest BCUT2D eigenvalue weighted by Gasteiger charge is -2.24. The number of carbonyl (C=O) groups excluding carboxylic acids is 1. The van der Waals surface area contributed by atoms with Gasteiger partial charge in [-0.25, -0.2) is 0 Å². The Morgan fingerprint density at radius 1 is 1.09 bits per heavy atom. The maximum absolute atomic E-state index is 12.9. The molecule has 1 aromatic rings. The van der Waals surface area contributed by atoms with Crippen LogP contribution in [0.15, 0.2) is 18.2 Å². The Bertz CT molecular complexity index is 487. The summed E-state index contributed by atoms with van der Waals surface area (Å²) in [6.45, 7) is 13.0. The van der Waals surface area contributed by atoms with Gasteiger partial charge in [-0.15, -0.1) is 0 Å². The average Bonchev–Trinajstić information content (AvgIpc) is 2.52. The zero-order chi connectivity index (χ0) is 17.4. The molecule has 2 atom stereocenters. The van der Waals surface area contributed by atoms with Gasteiger partial charge in [0.25, 0.3) is 0 Å². The fourth-order valence-corrected chi connectivity index (χ4v) is 3.42. The minimum atomic E-state index is 0.0708. The van der Waals surface area contributed by atoms with Crippen molar-refractivity contribution in [2.75, 3.05) is 0 Å². The SMILES string of the molecule is CCCCCC(C)CC(C(=O)C(C)C)c1cc(C)ccc1CC. The molecular formula is C22H36O. The van der Waals surface area contributed by atoms with Crippen LogP contribution in [0.1, 0.15) is 89.3 Å². The molecule has 0 bridgehead atoms. The van der Waals surface area contributed by atoms with Gasteiger partial charge in [-0.3, -0.25) is 4.79 Å². The number of carbonyl (C=O) groups is 1. The first kappa shape index (κ1) is 19.9. The van der Waals surface area contributed by atoms with Gasteiger partial charge in [0.2, 0.25) is 0 Å². The van der Waals surface area contributed by atoms with Gasteiger partial charge in [0.15, 0.2) is 0 Å². The molecule has 0 saturated carbocycles. The van der Waals surface area contributed by atoms with Gasteiger partial charge in [-0.1, -0.05) is 84.1 Å². The van der Waals surface area contributed by atoms with E-state index < -0.39 is 0 Å². The van der Waals surface area contributed by atoms with Crippen LogP contribution in [0.25, 0.3) is 0 Å². The third-order valence-corrected chi connectivity index (χ3v) is 4.91. The lowest BCUT2D eigenvalue weighted by molar-refractivity contribution is -0.123. The second-order valence-electron chi connectivity index (χ2n) is 7.50. The van der Waals surface area contributed by atoms with E-state index in [0.717, 1.165) is 12.8 Å². The number of rotatable bonds is 10. The monoisotopic (exact) mass is 316 g/mol. The standard InChI is InChI=1S/C22H36O/c1-7-9-10-11-17(5)15-21(22(23)16(3)4)20-14-18(6)12-13-19(20)8-2/h12-14,16-17,21H,7-11,15H2,1-6H3. The number of hydrogen-bond acceptors (Lipinski definition) is 1. The van der Waals surface area contributed by atoms with Crippen molar-refractivity contribution in [2.45, 2.75) is 86.0 Å². The molecule has 0 aliphatic carbocycles. The number of Topliss-reactive ketones (excluding diaryl/α,β-unsaturated/α-hetero) is 1. The predicted molar refractivity (Wildman–Crippen MR) is 101 cm³/mol. The minimum absolute atomic E-state index is 0.0708. The molecule has 0 aliphatic heterocycles. The summed E-state index contributed by atoms with van der Waals surface area (Å²) < 4.78 is 0. The highest BCUT2D eigenvalue weighted by molar-refractivity contribution is 5.87. The van der Waals surface area contributed by atoms with Gasteiger partial charge in [-0.2, -0.15) is 0 Å². The van der Waals surface area contributed by atoms with E-state index in [2.05, 4.69) is 45.9 Å². The summed E-state index contributed by atoms with van der Waals surface area (Å²) in [5.74, 6) is 1.20. The Hall–Kier alpha value is -1.11. The van der Waals surface area contributed by atoms with Crippen molar-refractivity contribution in [3.63, 3.8) is 0 Å². The number of ketones is 1. The number of aryl methyl sites for hydroxylation is 2. The van der Waals surface area contributed by atoms with Gasteiger partial charge in [0.05, 0.1) is 0 Å². The molecule has 130 valence electrons. The van der Waals surface area contributed by atoms with Crippen LogP contribution in [0, 0.1) is 18.8 Å². The summed E-state index contributed by atoms with van der Waals surface area (Å²) in [6, 6.07) is 6.64. The minimum Gasteiger partial charge on any atom is -0.299 e. The highest BCUT2D eigenvalue weighted by atomic mass is 16.1. The van der Waals surface area contributed by atoms with Crippen molar-refractivity contribution >= 4 is 5.78 Å². The van der Waals surface area contributed by atoms with Crippen LogP contribution < -0.4 is 0 Å². The van der Waals surface area contributed by atoms with Gasteiger partial charge >= 0.3 is 0 Å². The molecule has 0 aromatic heterocycles. The Balaban J connectivity index is 3.02. The smallest absolute Gasteiger partial charge is 0.142 e. The molecule has 0 saturated heterocycles. The van der Waals surface area contributed by atoms with Gasteiger partial charge in [0.1, 0.15) is 5.78 Å². The first-order valence-electron chi connectivity index (χ1n) is 9.53. The maximum Gasteiger partial charge on any atom is 0.142 e. The normalized spacial score (nSPS) is 14.0. The maximum atomic E-state index is 12.9. The molecule has 1 heteroatoms. The third kappa shape index (κ3) is 6.12. The van der Waals surface area contributed by atoms with Crippen molar-refractivity contribution in [3.8, 4) is 0 Å². The van der Waals surface area contributed by atoms with Gasteiger partial charge < -0.3 is 0 Å². The zero-order valence-corrected chi connectivity index (χ0v) is 16.1. The lowest BCUT2D eigenvalue weighted by Crippen LogP contribution is -2.21. The van der Waals surface area contributed by atoms with Crippen LogP contribution in [0.4, 0.5) is 0 Å². The molecule has 0 spiro atoms. The molecule has 0 aliphatic rings. The van der Waals surface area contributed by atoms with Crippen molar-refractivity contribution in [1.82, 2.24) is 0 Å². The van der Waals surface area contributed by atoms with Gasteiger partial charge in [0, 0.05) is 11.8 Å². The molecule has 2 unspecified atom stereocenters. The average molecular weight is 317 g/mol. The highest BCUT2D eigenvalue weighted by Gasteiger charge is 2.26. The lowest BCUT2D eigenvalue weighted by atomic mass is 9.79. The second-order valence-corrected chi connectivity index (χ2v) is 7.50. The molecule has 0 amide bonds. The molecule has 1 aromatic carbocycles. The first-order chi connectivity index (χ1) is 10.9. The Kier molecular flexibility index (Phi) is 8.58. The van der Waals surface area contributed by atoms with Crippen LogP contribution in [-0.2, 0) is 11.2 Å². The fourth-order valence-electron chi connectivity index (χ4n) is 3.42. The second kappa shape index (κ2) is 9.90. The van der Waals surface area contributed by atoms with Crippen LogP contribution in [0.3, 0.4) is 0 Å². The first-order valence-corrected chi connectivity index (χ1v) is 9.53. The van der Waals surface area contributed by atoms with E-state index in [1.807, 2.05) is 13.8 Å². The van der Waals surface area contributed by atoms with E-state index in [9.17, 15) is 4.79 Å². The van der Waals surface area contributed by atoms with Crippen molar-refractivity contribution in [2.24, 2.45) is 11.8 Å². The molecular weight excluding hydrogens is 280 g/mol. The van der Waals surface area contributed by atoms with E-state index in [0.29, 0.717) is 11.7 Å². The van der Waals surface area contributed by atoms with Crippen LogP contribution in [0.2, 0.25) is 0 Å². The van der Waals surface area contributed by atoms with E-state index in [4.69, 9.17) is 0 Å². The zero-order valence-electron chi connectivity index (χ0n) is 16.1. The molecule has 23 heavy (non-hydrogen) atoms. The van der Waals surface area contributed by atoms with Crippen molar-refractivity contribution in [3.05, 3.63) is 34.9 Å². The number of hydrogen-bond donors (Lipinski definition) is 0. The Morgan fingerprint density at radius 2 is 1.78 bits per heavy atom. The largest absolute Gasteiger partial charge is 0.299 e. The molecule has 0 radical (unpaired) electrons. The summed E-state index contributed by atoms with van der Waals surface area (Å²) in [7, 11) is 0. The van der Waals surface area contributed by atoms with E-state index in [1.54, 1.807) is 0 Å². The van der Waals surface area contributed by atoms with E-state index >= 15 is 0 Å². The molecule has 1 rings (SSSR count). The fraction of sp³-hybridized carbons (Fsp3) is 0.682. The highest BCUT2D eigenvalue weighted by Crippen LogP contribution is 2.32. The van der Waals surface area contributed by atoms with Crippen LogP contribution >= 0.6 is 0 Å². The van der Waals surface area contributed by atoms with Gasteiger partial charge in [-0.05, 0) is 36.8 Å². The van der Waals surface area contributed by atoms with E-state index in [-0.39, 0.29) is 11.8 Å². The molecule has 0 N–H and O–H groups in total. The van der Waals surface area contributed by atoms with Crippen LogP contribution in [-0.4, -0.2) is 5.78 Å². The van der Waals surface area contributed by atoms with Crippen LogP contribution in [0.5, 0.6) is 0 Å². The summed E-state index contributed by atoms with van der Waals surface area (Å²) in [5, 5.41) is 0. The summed E-state index contributed by atoms with van der Waals surface area (Å²) in [6.07, 6.45) is 7.09. The van der Waals surface area contributed by atoms with Crippen molar-refractivity contribution in [1.29, 1.82) is 0 Å². The molecule has 1 nitrogen and oxygen atoms in total. The Labute approximate surface area is 143 Å². The molecule has 0 heterocycles. The van der Waals surface area contributed by atoms with Crippen molar-refractivity contribution < 1.29 is 4.79 Å².